The zero-order valence-corrected chi connectivity index (χ0v) is 14.7. The second-order valence-electron chi connectivity index (χ2n) is 5.89. The van der Waals surface area contributed by atoms with E-state index >= 15 is 0 Å². The summed E-state index contributed by atoms with van der Waals surface area (Å²) in [5.74, 6) is -1.05. The molecule has 3 aromatic rings. The number of carboxylic acids is 1. The highest BCUT2D eigenvalue weighted by molar-refractivity contribution is 6.14. The summed E-state index contributed by atoms with van der Waals surface area (Å²) in [6.07, 6.45) is 1.25. The van der Waals surface area contributed by atoms with Crippen molar-refractivity contribution in [3.05, 3.63) is 93.2 Å². The predicted octanol–water partition coefficient (Wildman–Crippen LogP) is 4.34. The lowest BCUT2D eigenvalue weighted by Gasteiger charge is -2.00. The minimum absolute atomic E-state index is 0.0167. The van der Waals surface area contributed by atoms with Gasteiger partial charge in [-0.3, -0.25) is 14.9 Å². The SMILES string of the molecule is N#C/C(=C\c1ccc(-c2ccc(C(=O)O)cc2)o1)C(=O)c1cccc([N+](=O)[O-])c1. The summed E-state index contributed by atoms with van der Waals surface area (Å²) in [5, 5.41) is 29.1. The van der Waals surface area contributed by atoms with Crippen molar-refractivity contribution in [1.29, 1.82) is 5.26 Å². The van der Waals surface area contributed by atoms with Crippen LogP contribution in [0.3, 0.4) is 0 Å². The maximum atomic E-state index is 12.5. The van der Waals surface area contributed by atoms with Crippen molar-refractivity contribution in [1.82, 2.24) is 0 Å². The van der Waals surface area contributed by atoms with Gasteiger partial charge < -0.3 is 9.52 Å². The minimum atomic E-state index is -1.04. The number of furan rings is 1. The maximum Gasteiger partial charge on any atom is 0.335 e. The molecule has 142 valence electrons. The van der Waals surface area contributed by atoms with Crippen LogP contribution in [0.4, 0.5) is 5.69 Å². The monoisotopic (exact) mass is 388 g/mol. The summed E-state index contributed by atoms with van der Waals surface area (Å²) in [6.45, 7) is 0. The number of nitrogens with zero attached hydrogens (tertiary/aromatic N) is 2. The smallest absolute Gasteiger partial charge is 0.335 e. The summed E-state index contributed by atoms with van der Waals surface area (Å²) in [4.78, 5) is 33.7. The van der Waals surface area contributed by atoms with Crippen molar-refractivity contribution in [3.63, 3.8) is 0 Å². The van der Waals surface area contributed by atoms with Crippen LogP contribution in [0.2, 0.25) is 0 Å². The molecule has 0 bridgehead atoms. The third-order valence-electron chi connectivity index (χ3n) is 4.01. The molecule has 1 heterocycles. The summed E-state index contributed by atoms with van der Waals surface area (Å²) in [6, 6.07) is 16.1. The highest BCUT2D eigenvalue weighted by Crippen LogP contribution is 2.25. The number of hydrogen-bond donors (Lipinski definition) is 1. The average molecular weight is 388 g/mol. The average Bonchev–Trinajstić information content (AvgIpc) is 3.20. The van der Waals surface area contributed by atoms with E-state index in [0.717, 1.165) is 6.07 Å². The van der Waals surface area contributed by atoms with Crippen LogP contribution in [-0.2, 0) is 0 Å². The van der Waals surface area contributed by atoms with E-state index in [-0.39, 0.29) is 28.1 Å². The second-order valence-corrected chi connectivity index (χ2v) is 5.89. The number of nitro groups is 1. The topological polar surface area (TPSA) is 134 Å². The Morgan fingerprint density at radius 3 is 2.41 bits per heavy atom. The number of hydrogen-bond acceptors (Lipinski definition) is 6. The molecule has 0 saturated carbocycles. The molecule has 1 aromatic heterocycles. The van der Waals surface area contributed by atoms with E-state index in [1.165, 1.54) is 36.4 Å². The predicted molar refractivity (Wildman–Crippen MR) is 102 cm³/mol. The van der Waals surface area contributed by atoms with Gasteiger partial charge in [-0.05, 0) is 24.3 Å². The van der Waals surface area contributed by atoms with Crippen molar-refractivity contribution < 1.29 is 24.0 Å². The van der Waals surface area contributed by atoms with Gasteiger partial charge in [0.1, 0.15) is 23.2 Å². The molecule has 29 heavy (non-hydrogen) atoms. The number of carbonyl (C=O) groups is 2. The summed E-state index contributed by atoms with van der Waals surface area (Å²) >= 11 is 0. The maximum absolute atomic E-state index is 12.5. The zero-order valence-electron chi connectivity index (χ0n) is 14.7. The molecular formula is C21H12N2O6. The molecular weight excluding hydrogens is 376 g/mol. The Balaban J connectivity index is 1.87. The third kappa shape index (κ3) is 4.26. The number of ketones is 1. The summed E-state index contributed by atoms with van der Waals surface area (Å²) < 4.78 is 5.61. The molecule has 0 atom stereocenters. The van der Waals surface area contributed by atoms with Crippen LogP contribution in [0.5, 0.6) is 0 Å². The molecule has 0 fully saturated rings. The van der Waals surface area contributed by atoms with Crippen molar-refractivity contribution in [2.75, 3.05) is 0 Å². The number of nitro benzene ring substituents is 1. The first kappa shape index (κ1) is 19.3. The van der Waals surface area contributed by atoms with Gasteiger partial charge in [0, 0.05) is 29.3 Å². The molecule has 3 rings (SSSR count). The number of carboxylic acid groups (broad SMARTS) is 1. The number of benzene rings is 2. The molecule has 8 nitrogen and oxygen atoms in total. The minimum Gasteiger partial charge on any atom is -0.478 e. The first-order chi connectivity index (χ1) is 13.9. The Kier molecular flexibility index (Phi) is 5.33. The van der Waals surface area contributed by atoms with Gasteiger partial charge in [-0.2, -0.15) is 5.26 Å². The van der Waals surface area contributed by atoms with Crippen molar-refractivity contribution in [3.8, 4) is 17.4 Å². The van der Waals surface area contributed by atoms with Crippen molar-refractivity contribution in [2.45, 2.75) is 0 Å². The van der Waals surface area contributed by atoms with E-state index < -0.39 is 16.7 Å². The third-order valence-corrected chi connectivity index (χ3v) is 4.01. The lowest BCUT2D eigenvalue weighted by Crippen LogP contribution is -2.02. The van der Waals surface area contributed by atoms with E-state index in [1.54, 1.807) is 30.3 Å². The van der Waals surface area contributed by atoms with E-state index in [4.69, 9.17) is 9.52 Å². The van der Waals surface area contributed by atoms with E-state index in [9.17, 15) is 25.0 Å². The fourth-order valence-corrected chi connectivity index (χ4v) is 2.57. The Morgan fingerprint density at radius 1 is 1.07 bits per heavy atom. The Hall–Kier alpha value is -4.51. The fourth-order valence-electron chi connectivity index (χ4n) is 2.57. The van der Waals surface area contributed by atoms with Gasteiger partial charge in [-0.25, -0.2) is 4.79 Å². The number of nitriles is 1. The van der Waals surface area contributed by atoms with Crippen molar-refractivity contribution in [2.24, 2.45) is 0 Å². The number of non-ortho nitro benzene ring substituents is 1. The fraction of sp³-hybridized carbons (Fsp3) is 0. The molecule has 8 heteroatoms. The molecule has 2 aromatic carbocycles. The lowest BCUT2D eigenvalue weighted by atomic mass is 10.0. The number of carbonyl (C=O) groups excluding carboxylic acids is 1. The lowest BCUT2D eigenvalue weighted by molar-refractivity contribution is -0.384. The molecule has 0 saturated heterocycles. The normalized spacial score (nSPS) is 10.9. The van der Waals surface area contributed by atoms with Crippen LogP contribution in [-0.4, -0.2) is 21.8 Å². The van der Waals surface area contributed by atoms with Crippen LogP contribution in [0.1, 0.15) is 26.5 Å². The number of aromatic carboxylic acids is 1. The quantitative estimate of drug-likeness (QED) is 0.218. The molecule has 0 aliphatic rings. The Bertz CT molecular complexity index is 1180. The van der Waals surface area contributed by atoms with Crippen LogP contribution in [0, 0.1) is 21.4 Å². The molecule has 0 unspecified atom stereocenters. The highest BCUT2D eigenvalue weighted by atomic mass is 16.6. The number of rotatable bonds is 6. The van der Waals surface area contributed by atoms with E-state index in [0.29, 0.717) is 11.3 Å². The van der Waals surface area contributed by atoms with Gasteiger partial charge in [0.25, 0.3) is 5.69 Å². The van der Waals surface area contributed by atoms with Gasteiger partial charge in [0.05, 0.1) is 10.5 Å². The number of Topliss-reactive ketones (excluding diaryl/α,β-unsaturated/α-hetero) is 1. The van der Waals surface area contributed by atoms with Crippen LogP contribution >= 0.6 is 0 Å². The van der Waals surface area contributed by atoms with Gasteiger partial charge >= 0.3 is 5.97 Å². The molecule has 0 aliphatic heterocycles. The van der Waals surface area contributed by atoms with Crippen molar-refractivity contribution >= 4 is 23.5 Å². The number of allylic oxidation sites excluding steroid dienone is 1. The zero-order chi connectivity index (χ0) is 21.0. The summed E-state index contributed by atoms with van der Waals surface area (Å²) in [5.41, 5.74) is 0.279. The van der Waals surface area contributed by atoms with Gasteiger partial charge in [-0.1, -0.05) is 24.3 Å². The Morgan fingerprint density at radius 2 is 1.79 bits per heavy atom. The van der Waals surface area contributed by atoms with Crippen LogP contribution in [0.15, 0.2) is 70.7 Å². The van der Waals surface area contributed by atoms with E-state index in [2.05, 4.69) is 0 Å². The largest absolute Gasteiger partial charge is 0.478 e. The van der Waals surface area contributed by atoms with Gasteiger partial charge in [0.15, 0.2) is 0 Å². The molecule has 0 amide bonds. The van der Waals surface area contributed by atoms with Gasteiger partial charge in [0.2, 0.25) is 5.78 Å². The first-order valence-electron chi connectivity index (χ1n) is 8.23. The molecule has 0 radical (unpaired) electrons. The standard InChI is InChI=1S/C21H12N2O6/c22-12-16(20(24)15-2-1-3-17(10-15)23(27)28)11-18-8-9-19(29-18)13-4-6-14(7-5-13)21(25)26/h1-11H,(H,25,26)/b16-11+. The van der Waals surface area contributed by atoms with Gasteiger partial charge in [-0.15, -0.1) is 0 Å². The first-order valence-corrected chi connectivity index (χ1v) is 8.23. The highest BCUT2D eigenvalue weighted by Gasteiger charge is 2.16. The summed E-state index contributed by atoms with van der Waals surface area (Å²) in [7, 11) is 0. The molecule has 1 N–H and O–H groups in total. The Labute approximate surface area is 164 Å². The second kappa shape index (κ2) is 8.02. The van der Waals surface area contributed by atoms with E-state index in [1.807, 2.05) is 0 Å². The molecule has 0 aliphatic carbocycles. The van der Waals surface area contributed by atoms with Crippen LogP contribution in [0.25, 0.3) is 17.4 Å². The molecule has 0 spiro atoms. The van der Waals surface area contributed by atoms with Crippen LogP contribution < -0.4 is 0 Å².